The van der Waals surface area contributed by atoms with Crippen molar-refractivity contribution in [3.8, 4) is 0 Å². The van der Waals surface area contributed by atoms with Crippen molar-refractivity contribution in [2.45, 2.75) is 13.3 Å². The first kappa shape index (κ1) is 5.83. The van der Waals surface area contributed by atoms with Crippen LogP contribution in [0.15, 0.2) is 12.2 Å². The zero-order valence-corrected chi connectivity index (χ0v) is 5.61. The van der Waals surface area contributed by atoms with Crippen LogP contribution in [0.5, 0.6) is 0 Å². The second-order valence-corrected chi connectivity index (χ2v) is 2.03. The fourth-order valence-corrected chi connectivity index (χ4v) is 0.739. The zero-order chi connectivity index (χ0) is 4.99. The van der Waals surface area contributed by atoms with E-state index in [-0.39, 0.29) is 0 Å². The van der Waals surface area contributed by atoms with Crippen LogP contribution < -0.4 is 0 Å². The molecule has 0 amide bonds. The molecule has 0 unspecified atom stereocenters. The fourth-order valence-electron chi connectivity index (χ4n) is 0.246. The molecule has 0 saturated carbocycles. The van der Waals surface area contributed by atoms with Crippen LogP contribution in [0.2, 0.25) is 0 Å². The van der Waals surface area contributed by atoms with Crippen LogP contribution in [-0.4, -0.2) is 15.5 Å². The molecule has 0 atom stereocenters. The monoisotopic (exact) mass is 98.1 g/mol. The molecular formula is C5H10Si. The molecule has 6 heavy (non-hydrogen) atoms. The minimum atomic E-state index is 1.07. The summed E-state index contributed by atoms with van der Waals surface area (Å²) in [6.45, 7) is 5.75. The Morgan fingerprint density at radius 2 is 2.50 bits per heavy atom. The molecule has 0 N–H and O–H groups in total. The first-order valence-corrected chi connectivity index (χ1v) is 2.84. The summed E-state index contributed by atoms with van der Waals surface area (Å²) < 4.78 is 0. The Bertz CT molecular complexity index is 64.3. The van der Waals surface area contributed by atoms with E-state index in [2.05, 4.69) is 12.3 Å². The summed E-state index contributed by atoms with van der Waals surface area (Å²) >= 11 is 0. The van der Waals surface area contributed by atoms with Crippen molar-refractivity contribution in [3.63, 3.8) is 0 Å². The molecule has 0 nitrogen and oxygen atoms in total. The highest BCUT2D eigenvalue weighted by atomic mass is 28.1. The van der Waals surface area contributed by atoms with Gasteiger partial charge in [0.05, 0.1) is 0 Å². The van der Waals surface area contributed by atoms with Crippen molar-refractivity contribution in [2.24, 2.45) is 0 Å². The smallest absolute Gasteiger partial charge is 0.0189 e. The van der Waals surface area contributed by atoms with E-state index in [0.29, 0.717) is 0 Å². The molecule has 34 valence electrons. The summed E-state index contributed by atoms with van der Waals surface area (Å²) in [7, 11) is 1.87. The molecule has 0 aromatic carbocycles. The van der Waals surface area contributed by atoms with E-state index < -0.39 is 0 Å². The Balaban J connectivity index is 3.05. The third-order valence-corrected chi connectivity index (χ3v) is 0.781. The van der Waals surface area contributed by atoms with Gasteiger partial charge < -0.3 is 0 Å². The van der Waals surface area contributed by atoms with Crippen molar-refractivity contribution in [2.75, 3.05) is 0 Å². The van der Waals surface area contributed by atoms with Crippen LogP contribution in [0.4, 0.5) is 0 Å². The van der Waals surface area contributed by atoms with Crippen LogP contribution in [0.25, 0.3) is 0 Å². The molecular weight excluding hydrogens is 88.1 g/mol. The Kier molecular flexibility index (Phi) is 2.95. The van der Waals surface area contributed by atoms with Gasteiger partial charge in [-0.25, -0.2) is 0 Å². The summed E-state index contributed by atoms with van der Waals surface area (Å²) in [5.41, 5.74) is 3.37. The first-order chi connectivity index (χ1) is 2.77. The molecule has 0 rings (SSSR count). The van der Waals surface area contributed by atoms with E-state index in [9.17, 15) is 0 Å². The quantitative estimate of drug-likeness (QED) is 0.346. The SMILES string of the molecule is C=C(C)CC=[SiH2]. The molecule has 0 aliphatic carbocycles. The number of hydrogen-bond acceptors (Lipinski definition) is 0. The molecule has 0 bridgehead atoms. The summed E-state index contributed by atoms with van der Waals surface area (Å²) in [4.78, 5) is 0. The highest BCUT2D eigenvalue weighted by molar-refractivity contribution is 6.27. The maximum absolute atomic E-state index is 3.72. The van der Waals surface area contributed by atoms with Gasteiger partial charge >= 0.3 is 0 Å². The number of allylic oxidation sites excluding steroid dienone is 1. The number of rotatable bonds is 2. The highest BCUT2D eigenvalue weighted by Gasteiger charge is 1.71. The van der Waals surface area contributed by atoms with Crippen LogP contribution >= 0.6 is 0 Å². The average Bonchev–Trinajstić information content (AvgIpc) is 1.35. The van der Waals surface area contributed by atoms with Crippen molar-refractivity contribution in [1.82, 2.24) is 0 Å². The predicted molar refractivity (Wildman–Crippen MR) is 34.0 cm³/mol. The van der Waals surface area contributed by atoms with E-state index in [4.69, 9.17) is 0 Å². The van der Waals surface area contributed by atoms with Crippen LogP contribution in [-0.2, 0) is 0 Å². The maximum Gasteiger partial charge on any atom is -0.0189 e. The second kappa shape index (κ2) is 3.03. The van der Waals surface area contributed by atoms with E-state index >= 15 is 0 Å². The predicted octanol–water partition coefficient (Wildman–Crippen LogP) is 0.388. The lowest BCUT2D eigenvalue weighted by Crippen LogP contribution is -1.72. The van der Waals surface area contributed by atoms with Crippen LogP contribution in [0.3, 0.4) is 0 Å². The van der Waals surface area contributed by atoms with Gasteiger partial charge in [-0.1, -0.05) is 12.2 Å². The van der Waals surface area contributed by atoms with Gasteiger partial charge in [0, 0.05) is 0 Å². The largest absolute Gasteiger partial charge is 0.106 e. The lowest BCUT2D eigenvalue weighted by Gasteiger charge is -1.82. The molecule has 0 heterocycles. The van der Waals surface area contributed by atoms with E-state index in [1.165, 1.54) is 5.57 Å². The summed E-state index contributed by atoms with van der Waals surface area (Å²) in [5, 5.41) is 0. The Morgan fingerprint density at radius 3 is 2.50 bits per heavy atom. The van der Waals surface area contributed by atoms with Crippen LogP contribution in [0, 0.1) is 0 Å². The Hall–Kier alpha value is -0.173. The van der Waals surface area contributed by atoms with Gasteiger partial charge in [0.1, 0.15) is 0 Å². The average molecular weight is 98.2 g/mol. The van der Waals surface area contributed by atoms with Crippen molar-refractivity contribution in [3.05, 3.63) is 12.2 Å². The summed E-state index contributed by atoms with van der Waals surface area (Å²) in [6, 6.07) is 0. The topological polar surface area (TPSA) is 0 Å². The Morgan fingerprint density at radius 1 is 2.00 bits per heavy atom. The molecule has 0 aromatic rings. The minimum absolute atomic E-state index is 1.07. The summed E-state index contributed by atoms with van der Waals surface area (Å²) in [5.74, 6) is 0. The van der Waals surface area contributed by atoms with E-state index in [1.807, 2.05) is 16.8 Å². The zero-order valence-electron chi connectivity index (χ0n) is 4.20. The standard InChI is InChI=1S/C5H10Si/c1-5(2)3-4-6/h4H,1,3,6H2,2H3. The molecule has 0 saturated heterocycles. The van der Waals surface area contributed by atoms with Crippen molar-refractivity contribution >= 4 is 15.5 Å². The van der Waals surface area contributed by atoms with Crippen molar-refractivity contribution in [1.29, 1.82) is 0 Å². The Labute approximate surface area is 41.9 Å². The first-order valence-electron chi connectivity index (χ1n) is 2.02. The second-order valence-electron chi connectivity index (χ2n) is 1.45. The number of hydrogen-bond donors (Lipinski definition) is 0. The van der Waals surface area contributed by atoms with Gasteiger partial charge in [0.2, 0.25) is 0 Å². The molecule has 0 fully saturated rings. The summed E-state index contributed by atoms with van der Waals surface area (Å²) in [6.07, 6.45) is 1.07. The lowest BCUT2D eigenvalue weighted by atomic mass is 10.3. The van der Waals surface area contributed by atoms with Gasteiger partial charge in [-0.3, -0.25) is 0 Å². The molecule has 0 aliphatic rings. The molecule has 0 radical (unpaired) electrons. The van der Waals surface area contributed by atoms with Gasteiger partial charge in [-0.15, -0.1) is 5.67 Å². The molecule has 0 aromatic heterocycles. The van der Waals surface area contributed by atoms with E-state index in [0.717, 1.165) is 6.42 Å². The third-order valence-electron chi connectivity index (χ3n) is 0.493. The van der Waals surface area contributed by atoms with Crippen LogP contribution in [0.1, 0.15) is 13.3 Å². The minimum Gasteiger partial charge on any atom is -0.106 e. The van der Waals surface area contributed by atoms with Gasteiger partial charge in [0.15, 0.2) is 0 Å². The fraction of sp³-hybridized carbons (Fsp3) is 0.400. The molecule has 0 spiro atoms. The third kappa shape index (κ3) is 3.83. The van der Waals surface area contributed by atoms with Gasteiger partial charge in [0.25, 0.3) is 0 Å². The molecule has 0 aliphatic heterocycles. The van der Waals surface area contributed by atoms with Gasteiger partial charge in [-0.2, -0.15) is 0 Å². The highest BCUT2D eigenvalue weighted by Crippen LogP contribution is 1.87. The van der Waals surface area contributed by atoms with Crippen molar-refractivity contribution < 1.29 is 0 Å². The van der Waals surface area contributed by atoms with Gasteiger partial charge in [-0.05, 0) is 23.2 Å². The normalized spacial score (nSPS) is 7.50. The van der Waals surface area contributed by atoms with E-state index in [1.54, 1.807) is 0 Å². The molecule has 1 heteroatoms. The lowest BCUT2D eigenvalue weighted by molar-refractivity contribution is 1.32. The maximum atomic E-state index is 3.72.